The molecule has 1 fully saturated rings. The van der Waals surface area contributed by atoms with Crippen LogP contribution in [-0.2, 0) is 15.1 Å². The zero-order valence-corrected chi connectivity index (χ0v) is 12.9. The standard InChI is InChI=1S/C18H15FN2O3/c1-20-14-9-5-3-7-12(14)18(11-6-2-4-8-13(11)19)16(23)17(24)21(18)10-15(20)22/h2-9,16,23H,10H2,1H3. The molecule has 2 aliphatic rings. The molecule has 5 nitrogen and oxygen atoms in total. The molecule has 2 heterocycles. The second-order valence-corrected chi connectivity index (χ2v) is 6.04. The summed E-state index contributed by atoms with van der Waals surface area (Å²) < 4.78 is 14.6. The van der Waals surface area contributed by atoms with Crippen molar-refractivity contribution >= 4 is 17.5 Å². The number of benzene rings is 2. The van der Waals surface area contributed by atoms with E-state index in [-0.39, 0.29) is 18.0 Å². The van der Waals surface area contributed by atoms with Crippen molar-refractivity contribution in [2.75, 3.05) is 18.5 Å². The number of hydrogen-bond acceptors (Lipinski definition) is 3. The quantitative estimate of drug-likeness (QED) is 0.803. The van der Waals surface area contributed by atoms with Crippen molar-refractivity contribution in [2.45, 2.75) is 11.6 Å². The van der Waals surface area contributed by atoms with Crippen LogP contribution in [0.2, 0.25) is 0 Å². The fraction of sp³-hybridized carbons (Fsp3) is 0.222. The lowest BCUT2D eigenvalue weighted by Crippen LogP contribution is -2.73. The van der Waals surface area contributed by atoms with E-state index in [1.807, 2.05) is 0 Å². The van der Waals surface area contributed by atoms with Crippen LogP contribution >= 0.6 is 0 Å². The molecule has 0 radical (unpaired) electrons. The molecule has 1 saturated heterocycles. The molecule has 2 aliphatic heterocycles. The van der Waals surface area contributed by atoms with E-state index >= 15 is 0 Å². The van der Waals surface area contributed by atoms with Gasteiger partial charge in [0, 0.05) is 23.9 Å². The lowest BCUT2D eigenvalue weighted by atomic mass is 9.69. The van der Waals surface area contributed by atoms with Crippen molar-refractivity contribution in [2.24, 2.45) is 0 Å². The van der Waals surface area contributed by atoms with Crippen LogP contribution in [0, 0.1) is 5.82 Å². The number of carbonyl (C=O) groups is 2. The van der Waals surface area contributed by atoms with Gasteiger partial charge in [-0.3, -0.25) is 9.59 Å². The van der Waals surface area contributed by atoms with Gasteiger partial charge in [0.1, 0.15) is 17.9 Å². The summed E-state index contributed by atoms with van der Waals surface area (Å²) in [4.78, 5) is 27.4. The number of β-lactam (4-membered cyclic amide) rings is 1. The van der Waals surface area contributed by atoms with Gasteiger partial charge in [0.25, 0.3) is 5.91 Å². The molecule has 0 bridgehead atoms. The van der Waals surface area contributed by atoms with Crippen LogP contribution in [0.5, 0.6) is 0 Å². The largest absolute Gasteiger partial charge is 0.380 e. The van der Waals surface area contributed by atoms with E-state index in [1.165, 1.54) is 15.9 Å². The number of carbonyl (C=O) groups excluding carboxylic acids is 2. The van der Waals surface area contributed by atoms with Crippen molar-refractivity contribution in [1.82, 2.24) is 4.90 Å². The lowest BCUT2D eigenvalue weighted by molar-refractivity contribution is -0.181. The van der Waals surface area contributed by atoms with E-state index in [9.17, 15) is 19.1 Å². The maximum Gasteiger partial charge on any atom is 0.256 e. The Morgan fingerprint density at radius 2 is 1.71 bits per heavy atom. The molecule has 122 valence electrons. The van der Waals surface area contributed by atoms with Crippen molar-refractivity contribution in [3.05, 3.63) is 65.5 Å². The van der Waals surface area contributed by atoms with Crippen LogP contribution in [-0.4, -0.2) is 41.5 Å². The Balaban J connectivity index is 2.08. The molecule has 2 atom stereocenters. The van der Waals surface area contributed by atoms with E-state index in [4.69, 9.17) is 0 Å². The molecule has 6 heteroatoms. The maximum atomic E-state index is 14.6. The number of para-hydroxylation sites is 1. The third kappa shape index (κ3) is 1.61. The van der Waals surface area contributed by atoms with E-state index < -0.39 is 23.4 Å². The molecule has 0 aliphatic carbocycles. The number of nitrogens with zero attached hydrogens (tertiary/aromatic N) is 2. The number of amides is 2. The van der Waals surface area contributed by atoms with Gasteiger partial charge >= 0.3 is 0 Å². The fourth-order valence-electron chi connectivity index (χ4n) is 3.75. The van der Waals surface area contributed by atoms with Crippen LogP contribution in [0.3, 0.4) is 0 Å². The summed E-state index contributed by atoms with van der Waals surface area (Å²) in [7, 11) is 1.61. The summed E-state index contributed by atoms with van der Waals surface area (Å²) in [6, 6.07) is 13.0. The van der Waals surface area contributed by atoms with Gasteiger partial charge in [-0.1, -0.05) is 36.4 Å². The smallest absolute Gasteiger partial charge is 0.256 e. The van der Waals surface area contributed by atoms with Gasteiger partial charge < -0.3 is 14.9 Å². The Bertz CT molecular complexity index is 869. The van der Waals surface area contributed by atoms with Crippen molar-refractivity contribution in [3.63, 3.8) is 0 Å². The molecule has 2 aromatic carbocycles. The number of hydrogen-bond donors (Lipinski definition) is 1. The summed E-state index contributed by atoms with van der Waals surface area (Å²) >= 11 is 0. The first-order valence-electron chi connectivity index (χ1n) is 7.60. The zero-order chi connectivity index (χ0) is 17.1. The van der Waals surface area contributed by atoms with Crippen LogP contribution in [0.4, 0.5) is 10.1 Å². The Morgan fingerprint density at radius 3 is 2.42 bits per heavy atom. The molecule has 1 N–H and O–H groups in total. The van der Waals surface area contributed by atoms with Crippen LogP contribution < -0.4 is 4.90 Å². The predicted molar refractivity (Wildman–Crippen MR) is 84.8 cm³/mol. The second kappa shape index (κ2) is 4.88. The Morgan fingerprint density at radius 1 is 1.08 bits per heavy atom. The van der Waals surface area contributed by atoms with Gasteiger partial charge in [0.2, 0.25) is 5.91 Å². The maximum absolute atomic E-state index is 14.6. The minimum atomic E-state index is -1.44. The van der Waals surface area contributed by atoms with Gasteiger partial charge in [-0.15, -0.1) is 0 Å². The van der Waals surface area contributed by atoms with Crippen molar-refractivity contribution in [3.8, 4) is 0 Å². The highest BCUT2D eigenvalue weighted by atomic mass is 19.1. The predicted octanol–water partition coefficient (Wildman–Crippen LogP) is 1.25. The summed E-state index contributed by atoms with van der Waals surface area (Å²) in [5, 5.41) is 10.6. The van der Waals surface area contributed by atoms with Gasteiger partial charge in [0.15, 0.2) is 6.10 Å². The molecular weight excluding hydrogens is 311 g/mol. The zero-order valence-electron chi connectivity index (χ0n) is 12.9. The molecule has 24 heavy (non-hydrogen) atoms. The molecule has 2 unspecified atom stereocenters. The van der Waals surface area contributed by atoms with E-state index in [0.29, 0.717) is 11.3 Å². The third-order valence-corrected chi connectivity index (χ3v) is 4.95. The Kier molecular flexibility index (Phi) is 3.02. The average Bonchev–Trinajstić information content (AvgIpc) is 2.69. The number of likely N-dealkylation sites (N-methyl/N-ethyl adjacent to an activating group) is 1. The summed E-state index contributed by atoms with van der Waals surface area (Å²) in [6.45, 7) is -0.213. The summed E-state index contributed by atoms with van der Waals surface area (Å²) in [6.07, 6.45) is -1.44. The molecule has 2 amide bonds. The SMILES string of the molecule is CN1C(=O)CN2C(=O)C(O)C2(c2ccccc2F)c2ccccc21. The number of fused-ring (bicyclic) bond motifs is 3. The lowest BCUT2D eigenvalue weighted by Gasteiger charge is -2.54. The molecule has 4 rings (SSSR count). The molecular formula is C18H15FN2O3. The van der Waals surface area contributed by atoms with Crippen LogP contribution in [0.25, 0.3) is 0 Å². The minimum Gasteiger partial charge on any atom is -0.380 e. The highest BCUT2D eigenvalue weighted by molar-refractivity contribution is 6.04. The molecule has 0 saturated carbocycles. The normalized spacial score (nSPS) is 25.7. The highest BCUT2D eigenvalue weighted by Gasteiger charge is 2.65. The van der Waals surface area contributed by atoms with E-state index in [1.54, 1.807) is 49.5 Å². The van der Waals surface area contributed by atoms with E-state index in [2.05, 4.69) is 0 Å². The summed E-state index contributed by atoms with van der Waals surface area (Å²) in [5.41, 5.74) is -0.109. The number of rotatable bonds is 1. The van der Waals surface area contributed by atoms with Crippen LogP contribution in [0.1, 0.15) is 11.1 Å². The Labute approximate surface area is 137 Å². The highest BCUT2D eigenvalue weighted by Crippen LogP contribution is 2.51. The first-order chi connectivity index (χ1) is 11.5. The molecule has 0 aromatic heterocycles. The van der Waals surface area contributed by atoms with Gasteiger partial charge in [-0.05, 0) is 12.1 Å². The molecule has 0 spiro atoms. The number of anilines is 1. The van der Waals surface area contributed by atoms with Crippen LogP contribution in [0.15, 0.2) is 48.5 Å². The molecule has 2 aromatic rings. The Hall–Kier alpha value is -2.73. The van der Waals surface area contributed by atoms with Gasteiger partial charge in [-0.2, -0.15) is 0 Å². The fourth-order valence-corrected chi connectivity index (χ4v) is 3.75. The average molecular weight is 326 g/mol. The van der Waals surface area contributed by atoms with Gasteiger partial charge in [-0.25, -0.2) is 4.39 Å². The van der Waals surface area contributed by atoms with E-state index in [0.717, 1.165) is 0 Å². The first-order valence-corrected chi connectivity index (χ1v) is 7.60. The first kappa shape index (κ1) is 14.8. The van der Waals surface area contributed by atoms with Crippen molar-refractivity contribution in [1.29, 1.82) is 0 Å². The third-order valence-electron chi connectivity index (χ3n) is 4.95. The summed E-state index contributed by atoms with van der Waals surface area (Å²) in [5.74, 6) is -1.39. The number of aliphatic hydroxyl groups excluding tert-OH is 1. The minimum absolute atomic E-state index is 0.188. The number of halogens is 1. The van der Waals surface area contributed by atoms with Crippen molar-refractivity contribution < 1.29 is 19.1 Å². The monoisotopic (exact) mass is 326 g/mol. The number of aliphatic hydroxyl groups is 1. The van der Waals surface area contributed by atoms with Gasteiger partial charge in [0.05, 0.1) is 0 Å². The second-order valence-electron chi connectivity index (χ2n) is 6.04. The topological polar surface area (TPSA) is 60.9 Å².